The average molecular weight is 232 g/mol. The van der Waals surface area contributed by atoms with Crippen LogP contribution in [-0.4, -0.2) is 14.8 Å². The van der Waals surface area contributed by atoms with Crippen molar-refractivity contribution >= 4 is 15.9 Å². The second kappa shape index (κ2) is 2.55. The Morgan fingerprint density at radius 3 is 2.75 bits per heavy atom. The van der Waals surface area contributed by atoms with E-state index < -0.39 is 11.2 Å². The van der Waals surface area contributed by atoms with Gasteiger partial charge >= 0.3 is 5.69 Å². The third kappa shape index (κ3) is 1.22. The molecule has 6 heteroatoms. The summed E-state index contributed by atoms with van der Waals surface area (Å²) >= 11 is 2.96. The molecule has 0 spiro atoms. The first kappa shape index (κ1) is 7.72. The number of nitrogens with zero attached hydrogens (tertiary/aromatic N) is 2. The van der Waals surface area contributed by atoms with E-state index in [0.29, 0.717) is 0 Å². The molecule has 0 aliphatic heterocycles. The van der Waals surface area contributed by atoms with E-state index in [-0.39, 0.29) is 10.6 Å². The summed E-state index contributed by atoms with van der Waals surface area (Å²) in [6, 6.07) is 0.186. The zero-order valence-electron chi connectivity index (χ0n) is 6.08. The van der Waals surface area contributed by atoms with E-state index in [1.165, 1.54) is 4.68 Å². The smallest absolute Gasteiger partial charge is 0.270 e. The monoisotopic (exact) mass is 231 g/mol. The molecule has 64 valence electrons. The van der Waals surface area contributed by atoms with E-state index in [1.807, 2.05) is 0 Å². The standard InChI is InChI=1S/C6H6BrN3O2/c7-4-5(11)8-6(12)10(9-4)3-1-2-3/h3H,1-2H2,(H,8,11,12). The normalized spacial score (nSPS) is 16.4. The molecule has 1 aliphatic carbocycles. The molecule has 0 aromatic carbocycles. The molecule has 1 aromatic heterocycles. The Labute approximate surface area is 75.5 Å². The summed E-state index contributed by atoms with van der Waals surface area (Å²) in [5.41, 5.74) is -0.900. The summed E-state index contributed by atoms with van der Waals surface area (Å²) in [7, 11) is 0. The van der Waals surface area contributed by atoms with Crippen molar-refractivity contribution in [3.63, 3.8) is 0 Å². The highest BCUT2D eigenvalue weighted by molar-refractivity contribution is 9.10. The molecule has 1 heterocycles. The van der Waals surface area contributed by atoms with Crippen molar-refractivity contribution in [3.05, 3.63) is 25.4 Å². The van der Waals surface area contributed by atoms with Crippen LogP contribution < -0.4 is 11.2 Å². The molecule has 2 rings (SSSR count). The van der Waals surface area contributed by atoms with E-state index >= 15 is 0 Å². The fourth-order valence-electron chi connectivity index (χ4n) is 0.958. The van der Waals surface area contributed by atoms with Gasteiger partial charge < -0.3 is 0 Å². The maximum atomic E-state index is 11.1. The van der Waals surface area contributed by atoms with Crippen molar-refractivity contribution < 1.29 is 0 Å². The minimum absolute atomic E-state index is 0.161. The van der Waals surface area contributed by atoms with Gasteiger partial charge in [-0.2, -0.15) is 5.10 Å². The van der Waals surface area contributed by atoms with Crippen molar-refractivity contribution in [3.8, 4) is 0 Å². The SMILES string of the molecule is O=c1[nH]c(=O)n(C2CC2)nc1Br. The largest absolute Gasteiger partial charge is 0.345 e. The Kier molecular flexibility index (Phi) is 1.64. The van der Waals surface area contributed by atoms with Crippen LogP contribution in [0.1, 0.15) is 18.9 Å². The fourth-order valence-corrected chi connectivity index (χ4v) is 1.23. The number of H-pyrrole nitrogens is 1. The number of rotatable bonds is 1. The van der Waals surface area contributed by atoms with E-state index in [0.717, 1.165) is 12.8 Å². The lowest BCUT2D eigenvalue weighted by molar-refractivity contribution is 0.564. The van der Waals surface area contributed by atoms with Gasteiger partial charge in [0.15, 0.2) is 4.60 Å². The number of aromatic nitrogens is 3. The second-order valence-electron chi connectivity index (χ2n) is 2.73. The van der Waals surface area contributed by atoms with Crippen molar-refractivity contribution in [2.24, 2.45) is 0 Å². The van der Waals surface area contributed by atoms with Crippen molar-refractivity contribution in [1.82, 2.24) is 14.8 Å². The van der Waals surface area contributed by atoms with Gasteiger partial charge in [-0.3, -0.25) is 9.78 Å². The highest BCUT2D eigenvalue weighted by Gasteiger charge is 2.26. The molecule has 1 fully saturated rings. The minimum Gasteiger partial charge on any atom is -0.270 e. The number of nitrogens with one attached hydrogen (secondary N) is 1. The summed E-state index contributed by atoms with van der Waals surface area (Å²) in [5, 5.41) is 3.81. The molecule has 1 aliphatic rings. The Bertz CT molecular complexity index is 418. The van der Waals surface area contributed by atoms with Crippen molar-refractivity contribution in [1.29, 1.82) is 0 Å². The first-order chi connectivity index (χ1) is 5.68. The van der Waals surface area contributed by atoms with Gasteiger partial charge in [-0.15, -0.1) is 0 Å². The van der Waals surface area contributed by atoms with Crippen molar-refractivity contribution in [2.45, 2.75) is 18.9 Å². The van der Waals surface area contributed by atoms with Crippen LogP contribution in [0.2, 0.25) is 0 Å². The second-order valence-corrected chi connectivity index (χ2v) is 3.48. The molecule has 0 amide bonds. The topological polar surface area (TPSA) is 67.8 Å². The Hall–Kier alpha value is -0.910. The van der Waals surface area contributed by atoms with Gasteiger partial charge in [0.05, 0.1) is 6.04 Å². The minimum atomic E-state index is -0.475. The third-order valence-electron chi connectivity index (χ3n) is 1.70. The Morgan fingerprint density at radius 1 is 1.50 bits per heavy atom. The lowest BCUT2D eigenvalue weighted by Gasteiger charge is -1.99. The van der Waals surface area contributed by atoms with Gasteiger partial charge in [-0.25, -0.2) is 9.48 Å². The maximum Gasteiger partial charge on any atom is 0.345 e. The summed E-state index contributed by atoms with van der Waals surface area (Å²) in [6.07, 6.45) is 1.93. The maximum absolute atomic E-state index is 11.1. The molecule has 5 nitrogen and oxygen atoms in total. The zero-order valence-corrected chi connectivity index (χ0v) is 7.67. The third-order valence-corrected chi connectivity index (χ3v) is 2.22. The van der Waals surface area contributed by atoms with E-state index in [1.54, 1.807) is 0 Å². The Balaban J connectivity index is 2.62. The summed E-state index contributed by atoms with van der Waals surface area (Å²) in [6.45, 7) is 0. The van der Waals surface area contributed by atoms with Crippen LogP contribution >= 0.6 is 15.9 Å². The molecule has 1 aromatic rings. The molecule has 12 heavy (non-hydrogen) atoms. The lowest BCUT2D eigenvalue weighted by Crippen LogP contribution is -2.32. The fraction of sp³-hybridized carbons (Fsp3) is 0.500. The van der Waals surface area contributed by atoms with E-state index in [2.05, 4.69) is 26.0 Å². The van der Waals surface area contributed by atoms with E-state index in [9.17, 15) is 9.59 Å². The average Bonchev–Trinajstić information content (AvgIpc) is 2.79. The van der Waals surface area contributed by atoms with Crippen LogP contribution in [0, 0.1) is 0 Å². The first-order valence-electron chi connectivity index (χ1n) is 3.57. The van der Waals surface area contributed by atoms with Gasteiger partial charge in [0, 0.05) is 0 Å². The predicted molar refractivity (Wildman–Crippen MR) is 45.1 cm³/mol. The van der Waals surface area contributed by atoms with Crippen LogP contribution in [0.15, 0.2) is 14.2 Å². The van der Waals surface area contributed by atoms with Gasteiger partial charge in [0.2, 0.25) is 0 Å². The molecular formula is C6H6BrN3O2. The van der Waals surface area contributed by atoms with Crippen LogP contribution in [0.5, 0.6) is 0 Å². The number of hydrogen-bond donors (Lipinski definition) is 1. The van der Waals surface area contributed by atoms with E-state index in [4.69, 9.17) is 0 Å². The summed E-state index contributed by atoms with van der Waals surface area (Å²) < 4.78 is 1.47. The summed E-state index contributed by atoms with van der Waals surface area (Å²) in [4.78, 5) is 24.1. The number of hydrogen-bond acceptors (Lipinski definition) is 3. The van der Waals surface area contributed by atoms with Crippen LogP contribution in [-0.2, 0) is 0 Å². The molecule has 0 unspecified atom stereocenters. The van der Waals surface area contributed by atoms with Crippen molar-refractivity contribution in [2.75, 3.05) is 0 Å². The first-order valence-corrected chi connectivity index (χ1v) is 4.36. The molecule has 1 saturated carbocycles. The van der Waals surface area contributed by atoms with Crippen LogP contribution in [0.3, 0.4) is 0 Å². The van der Waals surface area contributed by atoms with Crippen LogP contribution in [0.25, 0.3) is 0 Å². The highest BCUT2D eigenvalue weighted by Crippen LogP contribution is 2.32. The molecule has 0 bridgehead atoms. The van der Waals surface area contributed by atoms with Gasteiger partial charge in [-0.05, 0) is 28.8 Å². The van der Waals surface area contributed by atoms with Crippen LogP contribution in [0.4, 0.5) is 0 Å². The predicted octanol–water partition coefficient (Wildman–Crippen LogP) is 0.0290. The molecular weight excluding hydrogens is 226 g/mol. The highest BCUT2D eigenvalue weighted by atomic mass is 79.9. The molecule has 0 radical (unpaired) electrons. The van der Waals surface area contributed by atoms with Gasteiger partial charge in [0.25, 0.3) is 5.56 Å². The molecule has 0 saturated heterocycles. The molecule has 0 atom stereocenters. The zero-order chi connectivity index (χ0) is 8.72. The molecule has 1 N–H and O–H groups in total. The number of aromatic amines is 1. The lowest BCUT2D eigenvalue weighted by atomic mass is 10.7. The Morgan fingerprint density at radius 2 is 2.17 bits per heavy atom. The van der Waals surface area contributed by atoms with Gasteiger partial charge in [0.1, 0.15) is 0 Å². The number of halogens is 1. The van der Waals surface area contributed by atoms with Gasteiger partial charge in [-0.1, -0.05) is 0 Å². The summed E-state index contributed by atoms with van der Waals surface area (Å²) in [5.74, 6) is 0. The quantitative estimate of drug-likeness (QED) is 0.742.